The molecule has 0 spiro atoms. The Morgan fingerprint density at radius 2 is 2.00 bits per heavy atom. The average molecular weight is 288 g/mol. The smallest absolute Gasteiger partial charge is 0.329 e. The van der Waals surface area contributed by atoms with Crippen LogP contribution in [-0.2, 0) is 20.7 Å². The number of ether oxygens (including phenoxy) is 1. The van der Waals surface area contributed by atoms with Gasteiger partial charge in [0.15, 0.2) is 0 Å². The maximum Gasteiger partial charge on any atom is 0.329 e. The van der Waals surface area contributed by atoms with Gasteiger partial charge in [0.2, 0.25) is 5.91 Å². The monoisotopic (exact) mass is 288 g/mol. The number of amides is 1. The van der Waals surface area contributed by atoms with Crippen LogP contribution < -0.4 is 5.32 Å². The summed E-state index contributed by atoms with van der Waals surface area (Å²) in [6, 6.07) is 9.79. The summed E-state index contributed by atoms with van der Waals surface area (Å²) in [5, 5.41) is 12.1. The molecule has 1 aromatic carbocycles. The zero-order valence-corrected chi connectivity index (χ0v) is 11.4. The second-order valence-corrected chi connectivity index (χ2v) is 4.48. The highest BCUT2D eigenvalue weighted by Crippen LogP contribution is 2.15. The summed E-state index contributed by atoms with van der Waals surface area (Å²) in [6.45, 7) is -0.272. The van der Waals surface area contributed by atoms with E-state index in [0.29, 0.717) is 13.0 Å². The van der Waals surface area contributed by atoms with E-state index in [0.717, 1.165) is 16.5 Å². The van der Waals surface area contributed by atoms with Gasteiger partial charge in [-0.1, -0.05) is 24.3 Å². The van der Waals surface area contributed by atoms with Crippen LogP contribution in [0.2, 0.25) is 0 Å². The highest BCUT2D eigenvalue weighted by Gasteiger charge is 2.05. The molecule has 6 nitrogen and oxygen atoms in total. The first-order chi connectivity index (χ1) is 10.2. The van der Waals surface area contributed by atoms with Crippen LogP contribution in [-0.4, -0.2) is 41.7 Å². The molecule has 21 heavy (non-hydrogen) atoms. The van der Waals surface area contributed by atoms with Gasteiger partial charge in [0, 0.05) is 18.1 Å². The fourth-order valence-electron chi connectivity index (χ4n) is 1.99. The van der Waals surface area contributed by atoms with Gasteiger partial charge < -0.3 is 15.2 Å². The molecule has 1 amide bonds. The molecule has 0 aliphatic carbocycles. The molecule has 2 rings (SSSR count). The van der Waals surface area contributed by atoms with Crippen LogP contribution >= 0.6 is 0 Å². The highest BCUT2D eigenvalue weighted by molar-refractivity contribution is 5.81. The number of hydrogen-bond acceptors (Lipinski definition) is 4. The van der Waals surface area contributed by atoms with Crippen molar-refractivity contribution in [3.05, 3.63) is 42.1 Å². The molecule has 1 aromatic heterocycles. The fourth-order valence-corrected chi connectivity index (χ4v) is 1.99. The Hall–Kier alpha value is -2.47. The minimum absolute atomic E-state index is 0.250. The van der Waals surface area contributed by atoms with E-state index in [1.807, 2.05) is 30.3 Å². The van der Waals surface area contributed by atoms with Crippen molar-refractivity contribution >= 4 is 22.8 Å². The molecule has 6 heteroatoms. The number of fused-ring (bicyclic) bond motifs is 1. The third kappa shape index (κ3) is 4.54. The van der Waals surface area contributed by atoms with Crippen LogP contribution in [0.25, 0.3) is 10.9 Å². The van der Waals surface area contributed by atoms with Gasteiger partial charge in [-0.2, -0.15) is 0 Å². The van der Waals surface area contributed by atoms with Gasteiger partial charge in [-0.3, -0.25) is 9.78 Å². The van der Waals surface area contributed by atoms with Gasteiger partial charge in [-0.15, -0.1) is 0 Å². The van der Waals surface area contributed by atoms with Crippen molar-refractivity contribution in [3.63, 3.8) is 0 Å². The quantitative estimate of drug-likeness (QED) is 0.793. The zero-order valence-electron chi connectivity index (χ0n) is 11.4. The van der Waals surface area contributed by atoms with E-state index in [4.69, 9.17) is 9.84 Å². The molecule has 110 valence electrons. The Bertz CT molecular complexity index is 637. The van der Waals surface area contributed by atoms with E-state index < -0.39 is 12.6 Å². The first-order valence-electron chi connectivity index (χ1n) is 6.55. The Balaban J connectivity index is 1.82. The number of rotatable bonds is 7. The number of carboxylic acid groups (broad SMARTS) is 1. The number of nitrogens with one attached hydrogen (secondary N) is 1. The van der Waals surface area contributed by atoms with Crippen LogP contribution in [0.1, 0.15) is 5.56 Å². The van der Waals surface area contributed by atoms with Crippen LogP contribution in [0.3, 0.4) is 0 Å². The predicted octanol–water partition coefficient (Wildman–Crippen LogP) is 0.995. The maximum absolute atomic E-state index is 11.4. The number of carbonyl (C=O) groups is 2. The molecule has 0 atom stereocenters. The molecule has 0 fully saturated rings. The van der Waals surface area contributed by atoms with Gasteiger partial charge in [0.05, 0.1) is 5.52 Å². The lowest BCUT2D eigenvalue weighted by Gasteiger charge is -2.07. The number of carbonyl (C=O) groups excluding carboxylic acids is 1. The number of carboxylic acids is 1. The Kier molecular flexibility index (Phi) is 5.22. The molecule has 0 aliphatic rings. The second kappa shape index (κ2) is 7.35. The number of hydrogen-bond donors (Lipinski definition) is 2. The molecule has 0 bridgehead atoms. The van der Waals surface area contributed by atoms with E-state index in [1.54, 1.807) is 6.20 Å². The van der Waals surface area contributed by atoms with E-state index in [1.165, 1.54) is 0 Å². The van der Waals surface area contributed by atoms with Crippen LogP contribution in [0.5, 0.6) is 0 Å². The standard InChI is InChI=1S/C15H16N2O4/c18-13(9-21-10-14(19)20)16-8-6-12-4-1-3-11-5-2-7-17-15(11)12/h1-5,7H,6,8-10H2,(H,16,18)(H,19,20). The van der Waals surface area contributed by atoms with Crippen LogP contribution in [0.4, 0.5) is 0 Å². The lowest BCUT2D eigenvalue weighted by molar-refractivity contribution is -0.143. The van der Waals surface area contributed by atoms with Gasteiger partial charge in [0.25, 0.3) is 0 Å². The number of para-hydroxylation sites is 1. The Morgan fingerprint density at radius 1 is 1.19 bits per heavy atom. The molecule has 0 aliphatic heterocycles. The lowest BCUT2D eigenvalue weighted by atomic mass is 10.1. The molecule has 0 radical (unpaired) electrons. The molecular weight excluding hydrogens is 272 g/mol. The van der Waals surface area contributed by atoms with E-state index in [-0.39, 0.29) is 12.5 Å². The minimum atomic E-state index is -1.09. The van der Waals surface area contributed by atoms with Crippen molar-refractivity contribution in [1.82, 2.24) is 10.3 Å². The SMILES string of the molecule is O=C(O)COCC(=O)NCCc1cccc2cccnc12. The number of aliphatic carboxylic acids is 1. The molecule has 2 aromatic rings. The van der Waals surface area contributed by atoms with E-state index in [9.17, 15) is 9.59 Å². The van der Waals surface area contributed by atoms with Gasteiger partial charge in [0.1, 0.15) is 13.2 Å². The normalized spacial score (nSPS) is 10.5. The summed E-state index contributed by atoms with van der Waals surface area (Å²) < 4.78 is 4.71. The summed E-state index contributed by atoms with van der Waals surface area (Å²) in [4.78, 5) is 26.0. The number of aromatic nitrogens is 1. The fraction of sp³-hybridized carbons (Fsp3) is 0.267. The second-order valence-electron chi connectivity index (χ2n) is 4.48. The molecule has 2 N–H and O–H groups in total. The largest absolute Gasteiger partial charge is 0.480 e. The topological polar surface area (TPSA) is 88.5 Å². The van der Waals surface area contributed by atoms with Gasteiger partial charge in [-0.25, -0.2) is 4.79 Å². The Labute approximate surface area is 121 Å². The third-order valence-electron chi connectivity index (χ3n) is 2.89. The summed E-state index contributed by atoms with van der Waals surface area (Å²) in [7, 11) is 0. The van der Waals surface area contributed by atoms with Crippen molar-refractivity contribution in [3.8, 4) is 0 Å². The van der Waals surface area contributed by atoms with Gasteiger partial charge >= 0.3 is 5.97 Å². The maximum atomic E-state index is 11.4. The number of pyridine rings is 1. The number of benzene rings is 1. The van der Waals surface area contributed by atoms with Gasteiger partial charge in [-0.05, 0) is 18.1 Å². The number of nitrogens with zero attached hydrogens (tertiary/aromatic N) is 1. The minimum Gasteiger partial charge on any atom is -0.480 e. The summed E-state index contributed by atoms with van der Waals surface area (Å²) in [5.41, 5.74) is 1.98. The summed E-state index contributed by atoms with van der Waals surface area (Å²) in [6.07, 6.45) is 2.39. The first-order valence-corrected chi connectivity index (χ1v) is 6.55. The van der Waals surface area contributed by atoms with Crippen molar-refractivity contribution in [2.75, 3.05) is 19.8 Å². The first kappa shape index (κ1) is 14.9. The Morgan fingerprint density at radius 3 is 2.81 bits per heavy atom. The molecule has 0 unspecified atom stereocenters. The van der Waals surface area contributed by atoms with Crippen LogP contribution in [0.15, 0.2) is 36.5 Å². The van der Waals surface area contributed by atoms with E-state index in [2.05, 4.69) is 10.3 Å². The highest BCUT2D eigenvalue weighted by atomic mass is 16.5. The predicted molar refractivity (Wildman–Crippen MR) is 76.9 cm³/mol. The summed E-state index contributed by atoms with van der Waals surface area (Å²) >= 11 is 0. The van der Waals surface area contributed by atoms with Crippen molar-refractivity contribution in [1.29, 1.82) is 0 Å². The zero-order chi connectivity index (χ0) is 15.1. The lowest BCUT2D eigenvalue weighted by Crippen LogP contribution is -2.30. The third-order valence-corrected chi connectivity index (χ3v) is 2.89. The average Bonchev–Trinajstić information content (AvgIpc) is 2.47. The van der Waals surface area contributed by atoms with E-state index >= 15 is 0 Å². The van der Waals surface area contributed by atoms with Crippen molar-refractivity contribution in [2.24, 2.45) is 0 Å². The molecular formula is C15H16N2O4. The molecule has 0 saturated carbocycles. The molecule has 0 saturated heterocycles. The summed E-state index contributed by atoms with van der Waals surface area (Å²) in [5.74, 6) is -1.42. The van der Waals surface area contributed by atoms with Crippen molar-refractivity contribution < 1.29 is 19.4 Å². The molecule has 1 heterocycles. The van der Waals surface area contributed by atoms with Crippen molar-refractivity contribution in [2.45, 2.75) is 6.42 Å². The van der Waals surface area contributed by atoms with Crippen LogP contribution in [0, 0.1) is 0 Å².